The van der Waals surface area contributed by atoms with Gasteiger partial charge in [-0.25, -0.2) is 4.79 Å². The smallest absolute Gasteiger partial charge is 0.407 e. The molecule has 0 bridgehead atoms. The molecule has 31 heavy (non-hydrogen) atoms. The number of hydrogen-bond acceptors (Lipinski definition) is 5. The van der Waals surface area contributed by atoms with E-state index < -0.39 is 6.09 Å². The van der Waals surface area contributed by atoms with Gasteiger partial charge in [-0.1, -0.05) is 38.3 Å². The van der Waals surface area contributed by atoms with E-state index in [9.17, 15) is 9.59 Å². The second-order valence-electron chi connectivity index (χ2n) is 7.12. The van der Waals surface area contributed by atoms with E-state index in [1.165, 1.54) is 0 Å². The Kier molecular flexibility index (Phi) is 16.6. The molecule has 0 aliphatic carbocycles. The van der Waals surface area contributed by atoms with Crippen LogP contribution in [0.15, 0.2) is 24.3 Å². The minimum absolute atomic E-state index is 0.157. The van der Waals surface area contributed by atoms with E-state index in [1.54, 1.807) is 12.1 Å². The maximum Gasteiger partial charge on any atom is 0.407 e. The van der Waals surface area contributed by atoms with Crippen molar-refractivity contribution < 1.29 is 23.8 Å². The Balaban J connectivity index is 2.06. The van der Waals surface area contributed by atoms with Gasteiger partial charge in [-0.15, -0.1) is 11.6 Å². The number of nitrogens with one attached hydrogen (secondary N) is 2. The summed E-state index contributed by atoms with van der Waals surface area (Å²) in [6.45, 7) is 5.51. The molecule has 0 heterocycles. The minimum atomic E-state index is -0.428. The number of benzene rings is 1. The predicted molar refractivity (Wildman–Crippen MR) is 123 cm³/mol. The van der Waals surface area contributed by atoms with Gasteiger partial charge in [0.05, 0.1) is 26.4 Å². The van der Waals surface area contributed by atoms with Gasteiger partial charge in [0.25, 0.3) is 5.91 Å². The number of unbranched alkanes of at least 4 members (excludes halogenated alkanes) is 4. The summed E-state index contributed by atoms with van der Waals surface area (Å²) in [7, 11) is 0. The molecule has 2 amide bonds. The van der Waals surface area contributed by atoms with Crippen LogP contribution in [0.1, 0.15) is 61.4 Å². The molecule has 0 fully saturated rings. The second-order valence-corrected chi connectivity index (χ2v) is 7.50. The molecule has 2 N–H and O–H groups in total. The lowest BCUT2D eigenvalue weighted by molar-refractivity contribution is 0.0468. The van der Waals surface area contributed by atoms with E-state index >= 15 is 0 Å². The van der Waals surface area contributed by atoms with E-state index in [0.29, 0.717) is 45.1 Å². The SMILES string of the molecule is CCCCOC(=O)NCc1ccc(C(=O)NCCOCCOCCCCCCCl)cc1. The fourth-order valence-corrected chi connectivity index (χ4v) is 2.81. The van der Waals surface area contributed by atoms with Gasteiger partial charge in [-0.2, -0.15) is 0 Å². The van der Waals surface area contributed by atoms with Gasteiger partial charge < -0.3 is 24.8 Å². The van der Waals surface area contributed by atoms with E-state index in [0.717, 1.165) is 56.6 Å². The summed E-state index contributed by atoms with van der Waals surface area (Å²) in [6, 6.07) is 7.09. The highest BCUT2D eigenvalue weighted by Gasteiger charge is 2.06. The molecular formula is C23H37ClN2O5. The highest BCUT2D eigenvalue weighted by atomic mass is 35.5. The van der Waals surface area contributed by atoms with Gasteiger partial charge in [0.15, 0.2) is 0 Å². The van der Waals surface area contributed by atoms with Crippen molar-refractivity contribution in [3.63, 3.8) is 0 Å². The molecule has 1 aromatic rings. The Bertz CT molecular complexity index is 598. The zero-order valence-corrected chi connectivity index (χ0v) is 19.4. The van der Waals surface area contributed by atoms with Crippen LogP contribution in [0.25, 0.3) is 0 Å². The lowest BCUT2D eigenvalue weighted by atomic mass is 10.1. The summed E-state index contributed by atoms with van der Waals surface area (Å²) in [5, 5.41) is 5.51. The summed E-state index contributed by atoms with van der Waals surface area (Å²) < 4.78 is 16.0. The van der Waals surface area contributed by atoms with Gasteiger partial charge in [0.2, 0.25) is 0 Å². The van der Waals surface area contributed by atoms with Crippen molar-refractivity contribution >= 4 is 23.6 Å². The number of alkyl halides is 1. The van der Waals surface area contributed by atoms with E-state index in [-0.39, 0.29) is 5.91 Å². The van der Waals surface area contributed by atoms with Crippen LogP contribution < -0.4 is 10.6 Å². The monoisotopic (exact) mass is 456 g/mol. The minimum Gasteiger partial charge on any atom is -0.450 e. The summed E-state index contributed by atoms with van der Waals surface area (Å²) in [5.74, 6) is 0.570. The van der Waals surface area contributed by atoms with Crippen LogP contribution in [0.5, 0.6) is 0 Å². The highest BCUT2D eigenvalue weighted by molar-refractivity contribution is 6.17. The van der Waals surface area contributed by atoms with Crippen LogP contribution in [0, 0.1) is 0 Å². The number of rotatable bonds is 18. The molecule has 0 atom stereocenters. The van der Waals surface area contributed by atoms with Crippen molar-refractivity contribution in [3.8, 4) is 0 Å². The normalized spacial score (nSPS) is 10.6. The number of halogens is 1. The average Bonchev–Trinajstić information content (AvgIpc) is 2.79. The average molecular weight is 457 g/mol. The van der Waals surface area contributed by atoms with Crippen molar-refractivity contribution in [3.05, 3.63) is 35.4 Å². The zero-order chi connectivity index (χ0) is 22.6. The number of carbonyl (C=O) groups excluding carboxylic acids is 2. The Morgan fingerprint density at radius 3 is 2.26 bits per heavy atom. The molecule has 176 valence electrons. The molecule has 7 nitrogen and oxygen atoms in total. The molecule has 8 heteroatoms. The van der Waals surface area contributed by atoms with Crippen LogP contribution in [0.4, 0.5) is 4.79 Å². The molecular weight excluding hydrogens is 420 g/mol. The van der Waals surface area contributed by atoms with Crippen molar-refractivity contribution in [2.24, 2.45) is 0 Å². The molecule has 0 spiro atoms. The Hall–Kier alpha value is -1.83. The first kappa shape index (κ1) is 27.2. The summed E-state index contributed by atoms with van der Waals surface area (Å²) >= 11 is 5.63. The van der Waals surface area contributed by atoms with Crippen molar-refractivity contribution in [1.82, 2.24) is 10.6 Å². The fraction of sp³-hybridized carbons (Fsp3) is 0.652. The van der Waals surface area contributed by atoms with Gasteiger partial charge in [0.1, 0.15) is 0 Å². The Morgan fingerprint density at radius 2 is 1.55 bits per heavy atom. The van der Waals surface area contributed by atoms with Crippen molar-refractivity contribution in [2.75, 3.05) is 45.5 Å². The molecule has 0 unspecified atom stereocenters. The maximum absolute atomic E-state index is 12.2. The summed E-state index contributed by atoms with van der Waals surface area (Å²) in [5.41, 5.74) is 1.46. The van der Waals surface area contributed by atoms with Crippen LogP contribution >= 0.6 is 11.6 Å². The van der Waals surface area contributed by atoms with Gasteiger partial charge in [-0.3, -0.25) is 4.79 Å². The van der Waals surface area contributed by atoms with Gasteiger partial charge in [0, 0.05) is 31.1 Å². The molecule has 0 saturated carbocycles. The third-order valence-electron chi connectivity index (χ3n) is 4.46. The van der Waals surface area contributed by atoms with E-state index in [2.05, 4.69) is 10.6 Å². The lowest BCUT2D eigenvalue weighted by Crippen LogP contribution is -2.27. The predicted octanol–water partition coefficient (Wildman–Crippen LogP) is 4.28. The topological polar surface area (TPSA) is 85.9 Å². The molecule has 0 aromatic heterocycles. The van der Waals surface area contributed by atoms with E-state index in [1.807, 2.05) is 19.1 Å². The fourth-order valence-electron chi connectivity index (χ4n) is 2.62. The van der Waals surface area contributed by atoms with Crippen LogP contribution in [-0.2, 0) is 20.8 Å². The molecule has 1 aromatic carbocycles. The van der Waals surface area contributed by atoms with Crippen LogP contribution in [0.3, 0.4) is 0 Å². The van der Waals surface area contributed by atoms with Crippen LogP contribution in [0.2, 0.25) is 0 Å². The van der Waals surface area contributed by atoms with Crippen LogP contribution in [-0.4, -0.2) is 57.5 Å². The first-order valence-electron chi connectivity index (χ1n) is 11.2. The second kappa shape index (κ2) is 18.9. The van der Waals surface area contributed by atoms with Gasteiger partial charge >= 0.3 is 6.09 Å². The number of carbonyl (C=O) groups is 2. The third-order valence-corrected chi connectivity index (χ3v) is 4.73. The lowest BCUT2D eigenvalue weighted by Gasteiger charge is -2.09. The quantitative estimate of drug-likeness (QED) is 0.254. The summed E-state index contributed by atoms with van der Waals surface area (Å²) in [6.07, 6.45) is 5.80. The first-order valence-corrected chi connectivity index (χ1v) is 11.7. The number of alkyl carbamates (subject to hydrolysis) is 1. The largest absolute Gasteiger partial charge is 0.450 e. The summed E-state index contributed by atoms with van der Waals surface area (Å²) in [4.78, 5) is 23.7. The Morgan fingerprint density at radius 1 is 0.839 bits per heavy atom. The number of amides is 2. The number of ether oxygens (including phenoxy) is 3. The van der Waals surface area contributed by atoms with Crippen molar-refractivity contribution in [1.29, 1.82) is 0 Å². The molecule has 0 radical (unpaired) electrons. The molecule has 0 aliphatic heterocycles. The third kappa shape index (κ3) is 14.7. The maximum atomic E-state index is 12.2. The van der Waals surface area contributed by atoms with Crippen molar-refractivity contribution in [2.45, 2.75) is 52.0 Å². The molecule has 0 aliphatic rings. The zero-order valence-electron chi connectivity index (χ0n) is 18.6. The van der Waals surface area contributed by atoms with E-state index in [4.69, 9.17) is 25.8 Å². The standard InChI is InChI=1S/C23H37ClN2O5/c1-2-3-15-31-23(28)26-19-20-8-10-21(11-9-20)22(27)25-13-16-30-18-17-29-14-7-5-4-6-12-24/h8-11H,2-7,12-19H2,1H3,(H,25,27)(H,26,28). The first-order chi connectivity index (χ1) is 15.2. The van der Waals surface area contributed by atoms with Gasteiger partial charge in [-0.05, 0) is 37.0 Å². The molecule has 0 saturated heterocycles. The number of hydrogen-bond donors (Lipinski definition) is 2. The Labute approximate surface area is 191 Å². The molecule has 1 rings (SSSR count). The highest BCUT2D eigenvalue weighted by Crippen LogP contribution is 2.05.